The van der Waals surface area contributed by atoms with Crippen LogP contribution < -0.4 is 5.73 Å². The average Bonchev–Trinajstić information content (AvgIpc) is 2.05. The minimum atomic E-state index is -1.34. The lowest BCUT2D eigenvalue weighted by molar-refractivity contribution is 0.419. The third-order valence-electron chi connectivity index (χ3n) is 1.82. The molecule has 0 heterocycles. The number of nitrogens with two attached hydrogens (primary N) is 1. The Labute approximate surface area is 66.4 Å². The van der Waals surface area contributed by atoms with Gasteiger partial charge < -0.3 is 15.8 Å². The molecule has 0 radical (unpaired) electrons. The number of hydrogen-bond donors (Lipinski definition) is 3. The van der Waals surface area contributed by atoms with E-state index in [1.807, 2.05) is 12.2 Å². The Hall–Kier alpha value is -0.575. The van der Waals surface area contributed by atoms with Crippen molar-refractivity contribution >= 4 is 7.12 Å². The van der Waals surface area contributed by atoms with Crippen LogP contribution in [0.25, 0.3) is 0 Å². The molecule has 0 aromatic heterocycles. The third-order valence-corrected chi connectivity index (χ3v) is 1.82. The Morgan fingerprint density at radius 2 is 2.36 bits per heavy atom. The van der Waals surface area contributed by atoms with Crippen molar-refractivity contribution in [2.45, 2.75) is 6.42 Å². The maximum atomic E-state index is 8.74. The molecule has 0 aliphatic heterocycles. The van der Waals surface area contributed by atoms with E-state index in [1.54, 1.807) is 6.08 Å². The van der Waals surface area contributed by atoms with Crippen molar-refractivity contribution in [3.05, 3.63) is 23.7 Å². The highest BCUT2D eigenvalue weighted by Gasteiger charge is 2.15. The highest BCUT2D eigenvalue weighted by atomic mass is 16.4. The van der Waals surface area contributed by atoms with Gasteiger partial charge in [-0.3, -0.25) is 0 Å². The quantitative estimate of drug-likeness (QED) is 0.466. The summed E-state index contributed by atoms with van der Waals surface area (Å²) in [5.74, 6) is 0.359. The summed E-state index contributed by atoms with van der Waals surface area (Å²) in [6.45, 7) is 0.613. The Bertz CT molecular complexity index is 189. The molecule has 1 aliphatic carbocycles. The molecule has 0 aromatic carbocycles. The average molecular weight is 153 g/mol. The lowest BCUT2D eigenvalue weighted by atomic mass is 9.75. The summed E-state index contributed by atoms with van der Waals surface area (Å²) in [5.41, 5.74) is 5.98. The molecule has 0 saturated carbocycles. The molecule has 4 N–H and O–H groups in total. The van der Waals surface area contributed by atoms with E-state index in [0.29, 0.717) is 17.9 Å². The van der Waals surface area contributed by atoms with Crippen molar-refractivity contribution < 1.29 is 10.0 Å². The first-order valence-corrected chi connectivity index (χ1v) is 3.68. The summed E-state index contributed by atoms with van der Waals surface area (Å²) in [6, 6.07) is 0. The summed E-state index contributed by atoms with van der Waals surface area (Å²) >= 11 is 0. The zero-order chi connectivity index (χ0) is 8.27. The van der Waals surface area contributed by atoms with Crippen LogP contribution in [0.1, 0.15) is 6.42 Å². The maximum absolute atomic E-state index is 8.74. The number of rotatable bonds is 2. The first kappa shape index (κ1) is 8.52. The van der Waals surface area contributed by atoms with E-state index >= 15 is 0 Å². The van der Waals surface area contributed by atoms with Crippen LogP contribution in [0.5, 0.6) is 0 Å². The van der Waals surface area contributed by atoms with E-state index in [2.05, 4.69) is 0 Å². The third kappa shape index (κ3) is 2.18. The van der Waals surface area contributed by atoms with Crippen molar-refractivity contribution in [3.8, 4) is 0 Å². The fraction of sp³-hybridized carbons (Fsp3) is 0.429. The predicted octanol–water partition coefficient (Wildman–Crippen LogP) is -0.540. The summed E-state index contributed by atoms with van der Waals surface area (Å²) in [7, 11) is -1.34. The predicted molar refractivity (Wildman–Crippen MR) is 44.6 cm³/mol. The van der Waals surface area contributed by atoms with Crippen LogP contribution in [-0.2, 0) is 0 Å². The lowest BCUT2D eigenvalue weighted by Crippen LogP contribution is -2.19. The normalized spacial score (nSPS) is 23.2. The molecule has 0 spiro atoms. The molecule has 1 atom stereocenters. The van der Waals surface area contributed by atoms with Gasteiger partial charge in [0.15, 0.2) is 0 Å². The molecule has 60 valence electrons. The van der Waals surface area contributed by atoms with E-state index in [9.17, 15) is 0 Å². The minimum Gasteiger partial charge on any atom is -0.423 e. The molecule has 0 aromatic rings. The minimum absolute atomic E-state index is 0.359. The van der Waals surface area contributed by atoms with Crippen molar-refractivity contribution in [1.82, 2.24) is 0 Å². The second kappa shape index (κ2) is 3.71. The molecule has 4 heteroatoms. The van der Waals surface area contributed by atoms with E-state index < -0.39 is 7.12 Å². The van der Waals surface area contributed by atoms with Crippen LogP contribution in [0.2, 0.25) is 0 Å². The van der Waals surface area contributed by atoms with Crippen LogP contribution in [-0.4, -0.2) is 23.7 Å². The zero-order valence-electron chi connectivity index (χ0n) is 6.27. The standard InChI is InChI=1S/C7H12BNO2/c9-5-6-1-3-7(4-2-6)8(10)11/h1,3-4,6,10-11H,2,5,9H2. The van der Waals surface area contributed by atoms with Gasteiger partial charge in [-0.25, -0.2) is 0 Å². The Morgan fingerprint density at radius 3 is 2.73 bits per heavy atom. The lowest BCUT2D eigenvalue weighted by Gasteiger charge is -2.12. The van der Waals surface area contributed by atoms with Gasteiger partial charge in [0.25, 0.3) is 0 Å². The number of allylic oxidation sites excluding steroid dienone is 3. The SMILES string of the molecule is NCC1C=CC(B(O)O)=CC1. The van der Waals surface area contributed by atoms with Crippen molar-refractivity contribution in [1.29, 1.82) is 0 Å². The first-order chi connectivity index (χ1) is 5.24. The fourth-order valence-corrected chi connectivity index (χ4v) is 1.05. The van der Waals surface area contributed by atoms with Gasteiger partial charge in [0.2, 0.25) is 0 Å². The number of hydrogen-bond acceptors (Lipinski definition) is 3. The molecule has 0 fully saturated rings. The molecule has 1 unspecified atom stereocenters. The molecule has 0 saturated heterocycles. The fourth-order valence-electron chi connectivity index (χ4n) is 1.05. The zero-order valence-corrected chi connectivity index (χ0v) is 6.27. The maximum Gasteiger partial charge on any atom is 0.488 e. The summed E-state index contributed by atoms with van der Waals surface area (Å²) in [5, 5.41) is 17.5. The smallest absolute Gasteiger partial charge is 0.423 e. The molecule has 3 nitrogen and oxygen atoms in total. The van der Waals surface area contributed by atoms with Gasteiger partial charge in [0.05, 0.1) is 0 Å². The Kier molecular flexibility index (Phi) is 2.88. The second-order valence-corrected chi connectivity index (χ2v) is 2.67. The van der Waals surface area contributed by atoms with Gasteiger partial charge in [-0.15, -0.1) is 0 Å². The van der Waals surface area contributed by atoms with E-state index in [4.69, 9.17) is 15.8 Å². The highest BCUT2D eigenvalue weighted by molar-refractivity contribution is 6.51. The Balaban J connectivity index is 2.53. The van der Waals surface area contributed by atoms with Gasteiger partial charge in [-0.1, -0.05) is 18.2 Å². The van der Waals surface area contributed by atoms with Gasteiger partial charge in [-0.2, -0.15) is 0 Å². The van der Waals surface area contributed by atoms with Crippen LogP contribution in [0, 0.1) is 5.92 Å². The molecular formula is C7H12BNO2. The molecule has 0 amide bonds. The molecule has 1 aliphatic rings. The summed E-state index contributed by atoms with van der Waals surface area (Å²) < 4.78 is 0. The van der Waals surface area contributed by atoms with Gasteiger partial charge in [-0.05, 0) is 24.4 Å². The van der Waals surface area contributed by atoms with Crippen molar-refractivity contribution in [3.63, 3.8) is 0 Å². The molecule has 1 rings (SSSR count). The van der Waals surface area contributed by atoms with E-state index in [0.717, 1.165) is 6.42 Å². The van der Waals surface area contributed by atoms with Crippen LogP contribution >= 0.6 is 0 Å². The molecule has 0 bridgehead atoms. The van der Waals surface area contributed by atoms with Crippen molar-refractivity contribution in [2.75, 3.05) is 6.54 Å². The largest absolute Gasteiger partial charge is 0.488 e. The first-order valence-electron chi connectivity index (χ1n) is 3.68. The van der Waals surface area contributed by atoms with Crippen LogP contribution in [0.4, 0.5) is 0 Å². The summed E-state index contributed by atoms with van der Waals surface area (Å²) in [6.07, 6.45) is 6.24. The van der Waals surface area contributed by atoms with Gasteiger partial charge in [0, 0.05) is 0 Å². The highest BCUT2D eigenvalue weighted by Crippen LogP contribution is 2.15. The second-order valence-electron chi connectivity index (χ2n) is 2.67. The monoisotopic (exact) mass is 153 g/mol. The molecular weight excluding hydrogens is 141 g/mol. The topological polar surface area (TPSA) is 66.5 Å². The van der Waals surface area contributed by atoms with E-state index in [1.165, 1.54) is 0 Å². The van der Waals surface area contributed by atoms with E-state index in [-0.39, 0.29) is 0 Å². The van der Waals surface area contributed by atoms with Crippen LogP contribution in [0.15, 0.2) is 23.7 Å². The summed E-state index contributed by atoms with van der Waals surface area (Å²) in [4.78, 5) is 0. The van der Waals surface area contributed by atoms with Gasteiger partial charge in [0.1, 0.15) is 0 Å². The van der Waals surface area contributed by atoms with Crippen LogP contribution in [0.3, 0.4) is 0 Å². The molecule has 11 heavy (non-hydrogen) atoms. The van der Waals surface area contributed by atoms with Gasteiger partial charge >= 0.3 is 7.12 Å². The van der Waals surface area contributed by atoms with Crippen molar-refractivity contribution in [2.24, 2.45) is 11.7 Å². The Morgan fingerprint density at radius 1 is 1.64 bits per heavy atom.